The Balaban J connectivity index is 1.50. The van der Waals surface area contributed by atoms with Crippen molar-refractivity contribution in [1.29, 1.82) is 0 Å². The number of nitro benzene ring substituents is 1. The van der Waals surface area contributed by atoms with E-state index in [-0.39, 0.29) is 23.3 Å². The van der Waals surface area contributed by atoms with Crippen LogP contribution in [0.4, 0.5) is 5.69 Å². The van der Waals surface area contributed by atoms with Gasteiger partial charge >= 0.3 is 0 Å². The van der Waals surface area contributed by atoms with E-state index < -0.39 is 4.92 Å². The Labute approximate surface area is 154 Å². The number of carbonyl (C=O) groups is 1. The highest BCUT2D eigenvalue weighted by molar-refractivity contribution is 5.92. The molecule has 2 heterocycles. The van der Waals surface area contributed by atoms with Crippen molar-refractivity contribution in [2.45, 2.75) is 12.5 Å². The van der Waals surface area contributed by atoms with E-state index in [1.54, 1.807) is 24.4 Å². The van der Waals surface area contributed by atoms with E-state index in [0.717, 1.165) is 11.3 Å². The summed E-state index contributed by atoms with van der Waals surface area (Å²) >= 11 is 0. The van der Waals surface area contributed by atoms with Gasteiger partial charge < -0.3 is 10.1 Å². The number of carbonyl (C=O) groups excluding carboxylic acids is 1. The standard InChI is InChI=1S/C19H16N4O4/c24-19(20-16-10-12-27-18-4-2-1-3-15(16)18)17-9-11-22(21-17)13-5-7-14(8-6-13)23(25)26/h1-9,11,16H,10,12H2,(H,20,24)/t16-/m1/s1. The van der Waals surface area contributed by atoms with E-state index in [1.807, 2.05) is 24.3 Å². The first-order valence-corrected chi connectivity index (χ1v) is 8.45. The van der Waals surface area contributed by atoms with Crippen molar-refractivity contribution >= 4 is 11.6 Å². The molecule has 8 nitrogen and oxygen atoms in total. The van der Waals surface area contributed by atoms with E-state index in [4.69, 9.17) is 4.74 Å². The Hall–Kier alpha value is -3.68. The number of aromatic nitrogens is 2. The van der Waals surface area contributed by atoms with Crippen LogP contribution >= 0.6 is 0 Å². The van der Waals surface area contributed by atoms with Gasteiger partial charge in [-0.15, -0.1) is 0 Å². The van der Waals surface area contributed by atoms with Crippen LogP contribution < -0.4 is 10.1 Å². The molecule has 1 N–H and O–H groups in total. The first kappa shape index (κ1) is 16.8. The molecular weight excluding hydrogens is 348 g/mol. The molecule has 0 bridgehead atoms. The molecule has 4 rings (SSSR count). The molecule has 0 aliphatic carbocycles. The zero-order chi connectivity index (χ0) is 18.8. The Kier molecular flexibility index (Phi) is 4.29. The predicted molar refractivity (Wildman–Crippen MR) is 97.0 cm³/mol. The van der Waals surface area contributed by atoms with E-state index >= 15 is 0 Å². The molecule has 1 aliphatic rings. The van der Waals surface area contributed by atoms with Crippen molar-refractivity contribution in [2.24, 2.45) is 0 Å². The van der Waals surface area contributed by atoms with E-state index in [1.165, 1.54) is 16.8 Å². The molecule has 0 unspecified atom stereocenters. The van der Waals surface area contributed by atoms with Crippen LogP contribution in [0.2, 0.25) is 0 Å². The first-order chi connectivity index (χ1) is 13.1. The number of rotatable bonds is 4. The van der Waals surface area contributed by atoms with Gasteiger partial charge in [-0.2, -0.15) is 5.10 Å². The molecule has 27 heavy (non-hydrogen) atoms. The summed E-state index contributed by atoms with van der Waals surface area (Å²) in [7, 11) is 0. The molecule has 1 aromatic heterocycles. The average molecular weight is 364 g/mol. The third-order valence-electron chi connectivity index (χ3n) is 4.41. The molecule has 1 atom stereocenters. The summed E-state index contributed by atoms with van der Waals surface area (Å²) in [6.07, 6.45) is 2.33. The molecular formula is C19H16N4O4. The maximum atomic E-state index is 12.6. The lowest BCUT2D eigenvalue weighted by molar-refractivity contribution is -0.384. The first-order valence-electron chi connectivity index (χ1n) is 8.45. The number of hydrogen-bond acceptors (Lipinski definition) is 5. The molecule has 8 heteroatoms. The molecule has 0 spiro atoms. The second-order valence-electron chi connectivity index (χ2n) is 6.12. The van der Waals surface area contributed by atoms with E-state index in [9.17, 15) is 14.9 Å². The van der Waals surface area contributed by atoms with Crippen LogP contribution in [-0.2, 0) is 0 Å². The molecule has 0 saturated carbocycles. The summed E-state index contributed by atoms with van der Waals surface area (Å²) in [5, 5.41) is 18.0. The van der Waals surface area contributed by atoms with Gasteiger partial charge in [0.05, 0.1) is 23.3 Å². The fourth-order valence-corrected chi connectivity index (χ4v) is 3.04. The third-order valence-corrected chi connectivity index (χ3v) is 4.41. The largest absolute Gasteiger partial charge is 0.493 e. The lowest BCUT2D eigenvalue weighted by Gasteiger charge is -2.26. The number of fused-ring (bicyclic) bond motifs is 1. The lowest BCUT2D eigenvalue weighted by atomic mass is 10.0. The molecule has 2 aromatic carbocycles. The Morgan fingerprint density at radius 3 is 2.74 bits per heavy atom. The topological polar surface area (TPSA) is 99.3 Å². The van der Waals surface area contributed by atoms with Gasteiger partial charge in [0.15, 0.2) is 5.69 Å². The molecule has 0 fully saturated rings. The zero-order valence-corrected chi connectivity index (χ0v) is 14.2. The highest BCUT2D eigenvalue weighted by Gasteiger charge is 2.24. The van der Waals surface area contributed by atoms with Crippen LogP contribution in [0.15, 0.2) is 60.8 Å². The molecule has 0 saturated heterocycles. The van der Waals surface area contributed by atoms with Crippen molar-refractivity contribution in [2.75, 3.05) is 6.61 Å². The maximum Gasteiger partial charge on any atom is 0.272 e. The second-order valence-corrected chi connectivity index (χ2v) is 6.12. The lowest BCUT2D eigenvalue weighted by Crippen LogP contribution is -2.32. The summed E-state index contributed by atoms with van der Waals surface area (Å²) in [4.78, 5) is 22.9. The van der Waals surface area contributed by atoms with Crippen molar-refractivity contribution in [3.63, 3.8) is 0 Å². The quantitative estimate of drug-likeness (QED) is 0.567. The fourth-order valence-electron chi connectivity index (χ4n) is 3.04. The van der Waals surface area contributed by atoms with Gasteiger partial charge in [-0.1, -0.05) is 18.2 Å². The predicted octanol–water partition coefficient (Wildman–Crippen LogP) is 3.03. The van der Waals surface area contributed by atoms with Gasteiger partial charge in [0, 0.05) is 30.3 Å². The summed E-state index contributed by atoms with van der Waals surface area (Å²) in [6, 6.07) is 15.1. The fraction of sp³-hybridized carbons (Fsp3) is 0.158. The smallest absolute Gasteiger partial charge is 0.272 e. The Morgan fingerprint density at radius 1 is 1.19 bits per heavy atom. The highest BCUT2D eigenvalue weighted by atomic mass is 16.6. The van der Waals surface area contributed by atoms with Crippen molar-refractivity contribution in [3.8, 4) is 11.4 Å². The number of nitrogens with zero attached hydrogens (tertiary/aromatic N) is 3. The minimum absolute atomic E-state index is 0.00190. The molecule has 1 amide bonds. The minimum Gasteiger partial charge on any atom is -0.493 e. The zero-order valence-electron chi connectivity index (χ0n) is 14.2. The monoisotopic (exact) mass is 364 g/mol. The van der Waals surface area contributed by atoms with Crippen LogP contribution in [0.5, 0.6) is 5.75 Å². The normalized spacial score (nSPS) is 15.5. The number of nitrogens with one attached hydrogen (secondary N) is 1. The van der Waals surface area contributed by atoms with Crippen molar-refractivity contribution in [1.82, 2.24) is 15.1 Å². The van der Waals surface area contributed by atoms with Gasteiger partial charge in [0.25, 0.3) is 11.6 Å². The molecule has 136 valence electrons. The van der Waals surface area contributed by atoms with E-state index in [0.29, 0.717) is 18.7 Å². The van der Waals surface area contributed by atoms with Crippen molar-refractivity contribution in [3.05, 3.63) is 82.2 Å². The van der Waals surface area contributed by atoms with Crippen LogP contribution in [0.1, 0.15) is 28.5 Å². The number of hydrogen-bond donors (Lipinski definition) is 1. The SMILES string of the molecule is O=C(N[C@@H]1CCOc2ccccc21)c1ccn(-c2ccc([N+](=O)[O-])cc2)n1. The number of benzene rings is 2. The Morgan fingerprint density at radius 2 is 1.96 bits per heavy atom. The second kappa shape index (κ2) is 6.91. The maximum absolute atomic E-state index is 12.6. The van der Waals surface area contributed by atoms with Gasteiger partial charge in [0.2, 0.25) is 0 Å². The van der Waals surface area contributed by atoms with Gasteiger partial charge in [-0.05, 0) is 24.3 Å². The van der Waals surface area contributed by atoms with Crippen LogP contribution in [0.25, 0.3) is 5.69 Å². The number of ether oxygens (including phenoxy) is 1. The number of non-ortho nitro benzene ring substituents is 1. The minimum atomic E-state index is -0.461. The summed E-state index contributed by atoms with van der Waals surface area (Å²) in [5.41, 5.74) is 1.86. The number of para-hydroxylation sites is 1. The average Bonchev–Trinajstić information content (AvgIpc) is 3.19. The number of amides is 1. The van der Waals surface area contributed by atoms with Crippen LogP contribution in [0, 0.1) is 10.1 Å². The van der Waals surface area contributed by atoms with Crippen LogP contribution in [-0.4, -0.2) is 27.2 Å². The molecule has 0 radical (unpaired) electrons. The summed E-state index contributed by atoms with van der Waals surface area (Å²) < 4.78 is 7.12. The summed E-state index contributed by atoms with van der Waals surface area (Å²) in [6.45, 7) is 0.541. The highest BCUT2D eigenvalue weighted by Crippen LogP contribution is 2.31. The molecule has 1 aliphatic heterocycles. The van der Waals surface area contributed by atoms with Gasteiger partial charge in [-0.25, -0.2) is 4.68 Å². The van der Waals surface area contributed by atoms with E-state index in [2.05, 4.69) is 10.4 Å². The third kappa shape index (κ3) is 3.37. The molecule has 3 aromatic rings. The Bertz CT molecular complexity index is 997. The van der Waals surface area contributed by atoms with Crippen molar-refractivity contribution < 1.29 is 14.5 Å². The van der Waals surface area contributed by atoms with Crippen LogP contribution in [0.3, 0.4) is 0 Å². The summed E-state index contributed by atoms with van der Waals surface area (Å²) in [5.74, 6) is 0.503. The van der Waals surface area contributed by atoms with Gasteiger partial charge in [0.1, 0.15) is 5.75 Å². The number of nitro groups is 1. The van der Waals surface area contributed by atoms with Gasteiger partial charge in [-0.3, -0.25) is 14.9 Å².